The molecular weight excluding hydrogens is 260 g/mol. The smallest absolute Gasteiger partial charge is 0.184 e. The Bertz CT molecular complexity index is 570. The number of ether oxygens (including phenoxy) is 2. The van der Waals surface area contributed by atoms with E-state index in [1.165, 1.54) is 0 Å². The summed E-state index contributed by atoms with van der Waals surface area (Å²) in [4.78, 5) is 4.61. The van der Waals surface area contributed by atoms with Crippen LogP contribution in [0.15, 0.2) is 18.2 Å². The molecule has 1 fully saturated rings. The summed E-state index contributed by atoms with van der Waals surface area (Å²) in [7, 11) is 0. The largest absolute Gasteiger partial charge is 0.494 e. The summed E-state index contributed by atoms with van der Waals surface area (Å²) in [5.74, 6) is 0.905. The molecule has 4 nitrogen and oxygen atoms in total. The van der Waals surface area contributed by atoms with Gasteiger partial charge in [0.05, 0.1) is 29.0 Å². The van der Waals surface area contributed by atoms with Crippen molar-refractivity contribution in [3.63, 3.8) is 0 Å². The molecule has 1 aromatic heterocycles. The summed E-state index contributed by atoms with van der Waals surface area (Å²) < 4.78 is 12.2. The zero-order valence-corrected chi connectivity index (χ0v) is 12.0. The van der Waals surface area contributed by atoms with Crippen LogP contribution in [0.5, 0.6) is 5.75 Å². The molecular formula is C14H18N2O2S. The lowest BCUT2D eigenvalue weighted by Gasteiger charge is -2.14. The molecule has 0 amide bonds. The molecule has 2 heterocycles. The molecule has 3 rings (SSSR count). The standard InChI is InChI=1S/C14H18N2O2S/c1-3-17-10-4-5-12-13(8-10)19-14(16-12)15-11-6-7-18-9(11)2/h4-5,8-9,11H,3,6-7H2,1-2H3,(H,15,16). The van der Waals surface area contributed by atoms with Crippen molar-refractivity contribution in [3.05, 3.63) is 18.2 Å². The molecule has 2 unspecified atom stereocenters. The normalized spacial score (nSPS) is 22.8. The maximum atomic E-state index is 5.56. The highest BCUT2D eigenvalue weighted by Gasteiger charge is 2.24. The minimum absolute atomic E-state index is 0.256. The minimum atomic E-state index is 0.256. The van der Waals surface area contributed by atoms with Gasteiger partial charge in [0.2, 0.25) is 0 Å². The third-order valence-corrected chi connectivity index (χ3v) is 4.31. The summed E-state index contributed by atoms with van der Waals surface area (Å²) in [6.07, 6.45) is 1.30. The first kappa shape index (κ1) is 12.7. The number of hydrogen-bond acceptors (Lipinski definition) is 5. The Morgan fingerprint density at radius 2 is 2.42 bits per heavy atom. The van der Waals surface area contributed by atoms with E-state index in [0.29, 0.717) is 12.6 Å². The molecule has 0 saturated carbocycles. The Morgan fingerprint density at radius 3 is 3.16 bits per heavy atom. The van der Waals surface area contributed by atoms with Crippen molar-refractivity contribution in [2.24, 2.45) is 0 Å². The number of nitrogens with one attached hydrogen (secondary N) is 1. The Balaban J connectivity index is 1.80. The van der Waals surface area contributed by atoms with Crippen LogP contribution in [0.3, 0.4) is 0 Å². The van der Waals surface area contributed by atoms with Gasteiger partial charge in [0.25, 0.3) is 0 Å². The molecule has 2 atom stereocenters. The molecule has 0 radical (unpaired) electrons. The molecule has 0 spiro atoms. The number of thiazole rings is 1. The molecule has 1 saturated heterocycles. The van der Waals surface area contributed by atoms with Crippen molar-refractivity contribution < 1.29 is 9.47 Å². The monoisotopic (exact) mass is 278 g/mol. The van der Waals surface area contributed by atoms with Crippen LogP contribution in [0.4, 0.5) is 5.13 Å². The lowest BCUT2D eigenvalue weighted by atomic mass is 10.2. The van der Waals surface area contributed by atoms with E-state index in [0.717, 1.165) is 34.1 Å². The van der Waals surface area contributed by atoms with Gasteiger partial charge in [-0.05, 0) is 38.5 Å². The average Bonchev–Trinajstić information content (AvgIpc) is 2.96. The van der Waals surface area contributed by atoms with Gasteiger partial charge in [0.15, 0.2) is 5.13 Å². The molecule has 2 aromatic rings. The Labute approximate surface area is 116 Å². The van der Waals surface area contributed by atoms with Crippen LogP contribution in [-0.2, 0) is 4.74 Å². The first-order chi connectivity index (χ1) is 9.26. The van der Waals surface area contributed by atoms with Crippen molar-refractivity contribution in [2.75, 3.05) is 18.5 Å². The molecule has 5 heteroatoms. The second-order valence-corrected chi connectivity index (χ2v) is 5.73. The maximum absolute atomic E-state index is 5.56. The lowest BCUT2D eigenvalue weighted by Crippen LogP contribution is -2.26. The molecule has 0 bridgehead atoms. The van der Waals surface area contributed by atoms with Crippen LogP contribution in [0.1, 0.15) is 20.3 Å². The summed E-state index contributed by atoms with van der Waals surface area (Å²) in [5, 5.41) is 4.44. The van der Waals surface area contributed by atoms with E-state index in [4.69, 9.17) is 9.47 Å². The highest BCUT2D eigenvalue weighted by atomic mass is 32.1. The van der Waals surface area contributed by atoms with Gasteiger partial charge in [-0.3, -0.25) is 0 Å². The van der Waals surface area contributed by atoms with E-state index in [9.17, 15) is 0 Å². The van der Waals surface area contributed by atoms with Gasteiger partial charge in [0.1, 0.15) is 5.75 Å². The van der Waals surface area contributed by atoms with Gasteiger partial charge >= 0.3 is 0 Å². The predicted octanol–water partition coefficient (Wildman–Crippen LogP) is 3.28. The molecule has 1 aliphatic heterocycles. The van der Waals surface area contributed by atoms with Crippen LogP contribution in [-0.4, -0.2) is 30.3 Å². The zero-order valence-electron chi connectivity index (χ0n) is 11.2. The second kappa shape index (κ2) is 5.35. The van der Waals surface area contributed by atoms with E-state index in [1.807, 2.05) is 19.1 Å². The molecule has 102 valence electrons. The first-order valence-electron chi connectivity index (χ1n) is 6.68. The van der Waals surface area contributed by atoms with Crippen molar-refractivity contribution in [1.29, 1.82) is 0 Å². The van der Waals surface area contributed by atoms with Gasteiger partial charge in [-0.2, -0.15) is 0 Å². The average molecular weight is 278 g/mol. The molecule has 1 aromatic carbocycles. The van der Waals surface area contributed by atoms with E-state index >= 15 is 0 Å². The number of benzene rings is 1. The third kappa shape index (κ3) is 2.67. The van der Waals surface area contributed by atoms with Crippen LogP contribution in [0.2, 0.25) is 0 Å². The molecule has 1 aliphatic rings. The Hall–Kier alpha value is -1.33. The fraction of sp³-hybridized carbons (Fsp3) is 0.500. The van der Waals surface area contributed by atoms with E-state index in [1.54, 1.807) is 11.3 Å². The second-order valence-electron chi connectivity index (χ2n) is 4.70. The van der Waals surface area contributed by atoms with Gasteiger partial charge in [-0.15, -0.1) is 0 Å². The number of hydrogen-bond donors (Lipinski definition) is 1. The van der Waals surface area contributed by atoms with Gasteiger partial charge in [-0.25, -0.2) is 4.98 Å². The Morgan fingerprint density at radius 1 is 1.53 bits per heavy atom. The number of fused-ring (bicyclic) bond motifs is 1. The van der Waals surface area contributed by atoms with Crippen LogP contribution in [0, 0.1) is 0 Å². The van der Waals surface area contributed by atoms with Crippen LogP contribution >= 0.6 is 11.3 Å². The SMILES string of the molecule is CCOc1ccc2nc(NC3CCOC3C)sc2c1. The third-order valence-electron chi connectivity index (χ3n) is 3.36. The number of aromatic nitrogens is 1. The summed E-state index contributed by atoms with van der Waals surface area (Å²) in [6, 6.07) is 6.40. The fourth-order valence-corrected chi connectivity index (χ4v) is 3.26. The first-order valence-corrected chi connectivity index (χ1v) is 7.49. The topological polar surface area (TPSA) is 43.4 Å². The van der Waals surface area contributed by atoms with Gasteiger partial charge < -0.3 is 14.8 Å². The van der Waals surface area contributed by atoms with Crippen molar-refractivity contribution in [3.8, 4) is 5.75 Å². The van der Waals surface area contributed by atoms with Crippen LogP contribution < -0.4 is 10.1 Å². The number of rotatable bonds is 4. The van der Waals surface area contributed by atoms with Gasteiger partial charge in [0, 0.05) is 6.61 Å². The number of nitrogens with zero attached hydrogens (tertiary/aromatic N) is 1. The summed E-state index contributed by atoms with van der Waals surface area (Å²) in [5.41, 5.74) is 1.02. The van der Waals surface area contributed by atoms with Crippen LogP contribution in [0.25, 0.3) is 10.2 Å². The van der Waals surface area contributed by atoms with Gasteiger partial charge in [-0.1, -0.05) is 11.3 Å². The molecule has 19 heavy (non-hydrogen) atoms. The van der Waals surface area contributed by atoms with E-state index < -0.39 is 0 Å². The highest BCUT2D eigenvalue weighted by Crippen LogP contribution is 2.30. The lowest BCUT2D eigenvalue weighted by molar-refractivity contribution is 0.121. The van der Waals surface area contributed by atoms with Crippen molar-refractivity contribution >= 4 is 26.7 Å². The summed E-state index contributed by atoms with van der Waals surface area (Å²) in [6.45, 7) is 5.61. The quantitative estimate of drug-likeness (QED) is 0.932. The highest BCUT2D eigenvalue weighted by molar-refractivity contribution is 7.22. The van der Waals surface area contributed by atoms with Crippen molar-refractivity contribution in [1.82, 2.24) is 4.98 Å². The van der Waals surface area contributed by atoms with E-state index in [-0.39, 0.29) is 6.10 Å². The molecule has 0 aliphatic carbocycles. The Kier molecular flexibility index (Phi) is 3.57. The zero-order chi connectivity index (χ0) is 13.2. The van der Waals surface area contributed by atoms with Crippen molar-refractivity contribution in [2.45, 2.75) is 32.4 Å². The molecule has 1 N–H and O–H groups in total. The fourth-order valence-electron chi connectivity index (χ4n) is 2.30. The number of anilines is 1. The minimum Gasteiger partial charge on any atom is -0.494 e. The summed E-state index contributed by atoms with van der Waals surface area (Å²) >= 11 is 1.67. The predicted molar refractivity (Wildman–Crippen MR) is 78.2 cm³/mol. The van der Waals surface area contributed by atoms with E-state index in [2.05, 4.69) is 23.3 Å². The maximum Gasteiger partial charge on any atom is 0.184 e.